The van der Waals surface area contributed by atoms with E-state index in [4.69, 9.17) is 4.52 Å². The molecule has 1 unspecified atom stereocenters. The number of piperidine rings is 1. The first-order chi connectivity index (χ1) is 11.1. The molecular weight excluding hydrogens is 292 g/mol. The van der Waals surface area contributed by atoms with Crippen molar-refractivity contribution in [3.63, 3.8) is 0 Å². The summed E-state index contributed by atoms with van der Waals surface area (Å²) in [4.78, 5) is 10.9. The second kappa shape index (κ2) is 5.60. The first-order valence-corrected chi connectivity index (χ1v) is 8.34. The van der Waals surface area contributed by atoms with Crippen molar-refractivity contribution >= 4 is 5.69 Å². The van der Waals surface area contributed by atoms with E-state index in [2.05, 4.69) is 26.1 Å². The minimum absolute atomic E-state index is 0.424. The summed E-state index contributed by atoms with van der Waals surface area (Å²) in [5.74, 6) is 1.84. The molecule has 2 aliphatic rings. The van der Waals surface area contributed by atoms with Gasteiger partial charge in [-0.1, -0.05) is 5.16 Å². The molecule has 1 aliphatic carbocycles. The SMILES string of the molecule is Cc1cc(N2CCCC(O)(Cc3nc(C4CC4)no3)C2)ccn1. The lowest BCUT2D eigenvalue weighted by Crippen LogP contribution is -2.49. The summed E-state index contributed by atoms with van der Waals surface area (Å²) in [6.07, 6.45) is 6.25. The van der Waals surface area contributed by atoms with E-state index in [-0.39, 0.29) is 0 Å². The van der Waals surface area contributed by atoms with Crippen LogP contribution in [0.15, 0.2) is 22.9 Å². The Bertz CT molecular complexity index is 697. The van der Waals surface area contributed by atoms with E-state index >= 15 is 0 Å². The Kier molecular flexibility index (Phi) is 3.56. The summed E-state index contributed by atoms with van der Waals surface area (Å²) < 4.78 is 5.34. The molecule has 1 saturated carbocycles. The maximum absolute atomic E-state index is 11.0. The van der Waals surface area contributed by atoms with Crippen LogP contribution in [-0.4, -0.2) is 38.9 Å². The van der Waals surface area contributed by atoms with Crippen LogP contribution in [0.4, 0.5) is 5.69 Å². The number of aromatic nitrogens is 3. The van der Waals surface area contributed by atoms with Gasteiger partial charge in [0, 0.05) is 36.6 Å². The summed E-state index contributed by atoms with van der Waals surface area (Å²) in [5.41, 5.74) is 1.28. The fourth-order valence-corrected chi connectivity index (χ4v) is 3.33. The highest BCUT2D eigenvalue weighted by molar-refractivity contribution is 5.47. The molecule has 2 fully saturated rings. The maximum Gasteiger partial charge on any atom is 0.229 e. The Hall–Kier alpha value is -1.95. The third-order valence-corrected chi connectivity index (χ3v) is 4.71. The molecule has 6 heteroatoms. The van der Waals surface area contributed by atoms with Gasteiger partial charge in [0.1, 0.15) is 0 Å². The van der Waals surface area contributed by atoms with Crippen LogP contribution < -0.4 is 4.90 Å². The summed E-state index contributed by atoms with van der Waals surface area (Å²) >= 11 is 0. The zero-order chi connectivity index (χ0) is 15.9. The van der Waals surface area contributed by atoms with E-state index in [1.807, 2.05) is 19.2 Å². The zero-order valence-corrected chi connectivity index (χ0v) is 13.4. The first kappa shape index (κ1) is 14.6. The van der Waals surface area contributed by atoms with Crippen molar-refractivity contribution in [2.24, 2.45) is 0 Å². The van der Waals surface area contributed by atoms with Gasteiger partial charge in [-0.2, -0.15) is 4.98 Å². The monoisotopic (exact) mass is 314 g/mol. The van der Waals surface area contributed by atoms with Crippen LogP contribution in [0.5, 0.6) is 0 Å². The number of nitrogens with zero attached hydrogens (tertiary/aromatic N) is 4. The second-order valence-corrected chi connectivity index (χ2v) is 6.90. The number of pyridine rings is 1. The Labute approximate surface area is 135 Å². The summed E-state index contributed by atoms with van der Waals surface area (Å²) in [5, 5.41) is 15.0. The number of anilines is 1. The molecule has 0 spiro atoms. The van der Waals surface area contributed by atoms with Crippen LogP contribution in [0.2, 0.25) is 0 Å². The van der Waals surface area contributed by atoms with Crippen molar-refractivity contribution in [1.29, 1.82) is 0 Å². The van der Waals surface area contributed by atoms with Crippen LogP contribution in [0.1, 0.15) is 49.0 Å². The zero-order valence-electron chi connectivity index (χ0n) is 13.4. The fourth-order valence-electron chi connectivity index (χ4n) is 3.33. The third-order valence-electron chi connectivity index (χ3n) is 4.71. The van der Waals surface area contributed by atoms with Gasteiger partial charge in [-0.05, 0) is 44.7 Å². The smallest absolute Gasteiger partial charge is 0.229 e. The van der Waals surface area contributed by atoms with Crippen LogP contribution in [-0.2, 0) is 6.42 Å². The Balaban J connectivity index is 1.48. The highest BCUT2D eigenvalue weighted by Gasteiger charge is 2.36. The molecule has 2 aromatic heterocycles. The van der Waals surface area contributed by atoms with E-state index in [1.165, 1.54) is 0 Å². The highest BCUT2D eigenvalue weighted by Crippen LogP contribution is 2.38. The van der Waals surface area contributed by atoms with Crippen LogP contribution in [0.25, 0.3) is 0 Å². The molecule has 3 heterocycles. The van der Waals surface area contributed by atoms with Crippen molar-refractivity contribution in [3.8, 4) is 0 Å². The highest BCUT2D eigenvalue weighted by atomic mass is 16.5. The molecule has 1 aliphatic heterocycles. The molecule has 1 atom stereocenters. The van der Waals surface area contributed by atoms with Gasteiger partial charge in [-0.15, -0.1) is 0 Å². The van der Waals surface area contributed by atoms with E-state index < -0.39 is 5.60 Å². The minimum Gasteiger partial charge on any atom is -0.388 e. The molecule has 0 bridgehead atoms. The second-order valence-electron chi connectivity index (χ2n) is 6.90. The van der Waals surface area contributed by atoms with E-state index in [9.17, 15) is 5.11 Å². The summed E-state index contributed by atoms with van der Waals surface area (Å²) in [6, 6.07) is 4.06. The number of hydrogen-bond acceptors (Lipinski definition) is 6. The summed E-state index contributed by atoms with van der Waals surface area (Å²) in [7, 11) is 0. The molecule has 6 nitrogen and oxygen atoms in total. The number of aryl methyl sites for hydroxylation is 1. The van der Waals surface area contributed by atoms with Crippen molar-refractivity contribution in [2.45, 2.75) is 50.5 Å². The number of β-amino-alcohol motifs (C(OH)–C–C–N with tert-alkyl or cyclic N) is 1. The lowest BCUT2D eigenvalue weighted by atomic mass is 9.89. The topological polar surface area (TPSA) is 75.3 Å². The van der Waals surface area contributed by atoms with Crippen LogP contribution >= 0.6 is 0 Å². The largest absolute Gasteiger partial charge is 0.388 e. The molecule has 23 heavy (non-hydrogen) atoms. The van der Waals surface area contributed by atoms with Gasteiger partial charge in [-0.3, -0.25) is 4.98 Å². The van der Waals surface area contributed by atoms with Gasteiger partial charge in [0.25, 0.3) is 0 Å². The van der Waals surface area contributed by atoms with E-state index in [0.29, 0.717) is 24.8 Å². The van der Waals surface area contributed by atoms with Crippen molar-refractivity contribution in [2.75, 3.05) is 18.0 Å². The number of aliphatic hydroxyl groups is 1. The Morgan fingerprint density at radius 2 is 2.30 bits per heavy atom. The van der Waals surface area contributed by atoms with Crippen molar-refractivity contribution in [3.05, 3.63) is 35.7 Å². The van der Waals surface area contributed by atoms with Gasteiger partial charge in [0.05, 0.1) is 12.0 Å². The van der Waals surface area contributed by atoms with Gasteiger partial charge in [-0.25, -0.2) is 0 Å². The standard InChI is InChI=1S/C17H22N4O2/c1-12-9-14(5-7-18-12)21-8-2-6-17(22,11-21)10-15-19-16(20-23-15)13-3-4-13/h5,7,9,13,22H,2-4,6,8,10-11H2,1H3. The summed E-state index contributed by atoms with van der Waals surface area (Å²) in [6.45, 7) is 3.51. The number of rotatable bonds is 4. The molecule has 0 radical (unpaired) electrons. The first-order valence-electron chi connectivity index (χ1n) is 8.34. The molecular formula is C17H22N4O2. The molecule has 1 N–H and O–H groups in total. The van der Waals surface area contributed by atoms with Gasteiger partial charge < -0.3 is 14.5 Å². The van der Waals surface area contributed by atoms with E-state index in [1.54, 1.807) is 0 Å². The van der Waals surface area contributed by atoms with Gasteiger partial charge in [0.2, 0.25) is 5.89 Å². The van der Waals surface area contributed by atoms with Crippen LogP contribution in [0, 0.1) is 6.92 Å². The molecule has 4 rings (SSSR count). The Morgan fingerprint density at radius 3 is 3.09 bits per heavy atom. The van der Waals surface area contributed by atoms with Crippen molar-refractivity contribution in [1.82, 2.24) is 15.1 Å². The molecule has 122 valence electrons. The average Bonchev–Trinajstić information content (AvgIpc) is 3.28. The lowest BCUT2D eigenvalue weighted by Gasteiger charge is -2.39. The minimum atomic E-state index is -0.817. The Morgan fingerprint density at radius 1 is 1.43 bits per heavy atom. The van der Waals surface area contributed by atoms with Crippen LogP contribution in [0.3, 0.4) is 0 Å². The molecule has 1 saturated heterocycles. The fraction of sp³-hybridized carbons (Fsp3) is 0.588. The predicted molar refractivity (Wildman–Crippen MR) is 85.3 cm³/mol. The lowest BCUT2D eigenvalue weighted by molar-refractivity contribution is 0.0193. The quantitative estimate of drug-likeness (QED) is 0.932. The molecule has 2 aromatic rings. The third kappa shape index (κ3) is 3.22. The number of hydrogen-bond donors (Lipinski definition) is 1. The molecule has 0 aromatic carbocycles. The van der Waals surface area contributed by atoms with Gasteiger partial charge >= 0.3 is 0 Å². The van der Waals surface area contributed by atoms with Gasteiger partial charge in [0.15, 0.2) is 5.82 Å². The predicted octanol–water partition coefficient (Wildman–Crippen LogP) is 2.22. The normalized spacial score (nSPS) is 24.9. The molecule has 0 amide bonds. The maximum atomic E-state index is 11.0. The average molecular weight is 314 g/mol. The van der Waals surface area contributed by atoms with E-state index in [0.717, 1.165) is 49.4 Å². The van der Waals surface area contributed by atoms with Crippen molar-refractivity contribution < 1.29 is 9.63 Å².